The van der Waals surface area contributed by atoms with Gasteiger partial charge in [-0.1, -0.05) is 0 Å². The lowest BCUT2D eigenvalue weighted by Gasteiger charge is -2.36. The zero-order chi connectivity index (χ0) is 14.0. The third-order valence-electron chi connectivity index (χ3n) is 3.28. The Morgan fingerprint density at radius 3 is 2.61 bits per heavy atom. The molecule has 0 aliphatic heterocycles. The number of nitrogens with two attached hydrogens (primary N) is 1. The van der Waals surface area contributed by atoms with Gasteiger partial charge in [-0.15, -0.1) is 0 Å². The van der Waals surface area contributed by atoms with Crippen LogP contribution in [0.15, 0.2) is 4.99 Å². The van der Waals surface area contributed by atoms with Gasteiger partial charge >= 0.3 is 6.18 Å². The number of guanidine groups is 1. The van der Waals surface area contributed by atoms with Gasteiger partial charge in [0.05, 0.1) is 18.1 Å². The first-order chi connectivity index (χ1) is 8.14. The molecular formula is C11H20F3N3O. The Morgan fingerprint density at radius 2 is 2.11 bits per heavy atom. The van der Waals surface area contributed by atoms with E-state index in [1.807, 2.05) is 0 Å². The summed E-state index contributed by atoms with van der Waals surface area (Å²) < 4.78 is 37.9. The predicted molar refractivity (Wildman–Crippen MR) is 63.1 cm³/mol. The maximum Gasteiger partial charge on any atom is 0.391 e. The van der Waals surface area contributed by atoms with Crippen LogP contribution in [0.5, 0.6) is 0 Å². The lowest BCUT2D eigenvalue weighted by molar-refractivity contribution is -0.199. The molecule has 0 amide bonds. The van der Waals surface area contributed by atoms with Crippen molar-refractivity contribution in [2.45, 2.75) is 37.5 Å². The van der Waals surface area contributed by atoms with E-state index in [1.54, 1.807) is 19.0 Å². The van der Waals surface area contributed by atoms with Crippen LogP contribution in [0.25, 0.3) is 0 Å². The predicted octanol–water partition coefficient (Wildman–Crippen LogP) is 1.35. The largest absolute Gasteiger partial charge is 0.391 e. The molecule has 0 bridgehead atoms. The molecule has 0 radical (unpaired) electrons. The molecule has 1 fully saturated rings. The maximum absolute atomic E-state index is 12.6. The normalized spacial score (nSPS) is 30.3. The van der Waals surface area contributed by atoms with Gasteiger partial charge in [-0.3, -0.25) is 4.99 Å². The first-order valence-electron chi connectivity index (χ1n) is 5.90. The van der Waals surface area contributed by atoms with Crippen LogP contribution in [-0.4, -0.2) is 48.4 Å². The molecule has 7 heteroatoms. The molecule has 0 spiro atoms. The van der Waals surface area contributed by atoms with E-state index in [-0.39, 0.29) is 25.3 Å². The number of hydrogen-bond donors (Lipinski definition) is 2. The van der Waals surface area contributed by atoms with Crippen LogP contribution in [0.4, 0.5) is 13.2 Å². The lowest BCUT2D eigenvalue weighted by Crippen LogP contribution is -2.43. The summed E-state index contributed by atoms with van der Waals surface area (Å²) in [5.74, 6) is -1.23. The summed E-state index contributed by atoms with van der Waals surface area (Å²) in [6.07, 6.45) is -3.76. The lowest BCUT2D eigenvalue weighted by atomic mass is 9.78. The Hall–Kier alpha value is -0.980. The molecule has 18 heavy (non-hydrogen) atoms. The van der Waals surface area contributed by atoms with Gasteiger partial charge in [-0.2, -0.15) is 13.2 Å². The van der Waals surface area contributed by atoms with Gasteiger partial charge in [0.25, 0.3) is 0 Å². The molecule has 4 nitrogen and oxygen atoms in total. The molecule has 0 heterocycles. The van der Waals surface area contributed by atoms with Crippen molar-refractivity contribution in [1.82, 2.24) is 4.90 Å². The first-order valence-corrected chi connectivity index (χ1v) is 5.90. The first kappa shape index (κ1) is 15.1. The molecule has 106 valence electrons. The highest BCUT2D eigenvalue weighted by atomic mass is 19.4. The number of nitrogens with zero attached hydrogens (tertiary/aromatic N) is 2. The van der Waals surface area contributed by atoms with E-state index in [1.165, 1.54) is 0 Å². The Balaban J connectivity index is 2.66. The molecule has 2 atom stereocenters. The topological polar surface area (TPSA) is 61.8 Å². The molecular weight excluding hydrogens is 247 g/mol. The standard InChI is InChI=1S/C11H20F3N3O/c1-17(2)9(15)16-7-10(18)5-3-4-8(6-10)11(12,13)14/h8,18H,3-7H2,1-2H3,(H2,15,16). The highest BCUT2D eigenvalue weighted by Crippen LogP contribution is 2.41. The number of aliphatic imine (C=N–C) groups is 1. The number of rotatable bonds is 2. The molecule has 0 aromatic carbocycles. The summed E-state index contributed by atoms with van der Waals surface area (Å²) >= 11 is 0. The van der Waals surface area contributed by atoms with Gasteiger partial charge in [0.15, 0.2) is 5.96 Å². The third-order valence-corrected chi connectivity index (χ3v) is 3.28. The van der Waals surface area contributed by atoms with Crippen molar-refractivity contribution in [3.63, 3.8) is 0 Å². The van der Waals surface area contributed by atoms with E-state index in [4.69, 9.17) is 5.73 Å². The zero-order valence-corrected chi connectivity index (χ0v) is 10.7. The second-order valence-electron chi connectivity index (χ2n) is 5.13. The highest BCUT2D eigenvalue weighted by Gasteiger charge is 2.46. The van der Waals surface area contributed by atoms with E-state index >= 15 is 0 Å². The molecule has 1 aliphatic rings. The Kier molecular flexibility index (Phi) is 4.47. The maximum atomic E-state index is 12.6. The summed E-state index contributed by atoms with van der Waals surface area (Å²) in [4.78, 5) is 5.49. The average Bonchev–Trinajstić information content (AvgIpc) is 2.24. The van der Waals surface area contributed by atoms with Crippen LogP contribution < -0.4 is 5.73 Å². The van der Waals surface area contributed by atoms with Crippen molar-refractivity contribution >= 4 is 5.96 Å². The smallest absolute Gasteiger partial charge is 0.388 e. The van der Waals surface area contributed by atoms with Crippen molar-refractivity contribution in [3.05, 3.63) is 0 Å². The van der Waals surface area contributed by atoms with Crippen molar-refractivity contribution < 1.29 is 18.3 Å². The van der Waals surface area contributed by atoms with Crippen molar-refractivity contribution in [2.75, 3.05) is 20.6 Å². The third kappa shape index (κ3) is 4.04. The molecule has 0 aromatic heterocycles. The monoisotopic (exact) mass is 267 g/mol. The van der Waals surface area contributed by atoms with E-state index in [9.17, 15) is 18.3 Å². The Labute approximate surface area is 105 Å². The summed E-state index contributed by atoms with van der Waals surface area (Å²) in [7, 11) is 3.37. The number of hydrogen-bond acceptors (Lipinski definition) is 2. The molecule has 2 unspecified atom stereocenters. The summed E-state index contributed by atoms with van der Waals surface area (Å²) in [6.45, 7) is -0.0798. The van der Waals surface area contributed by atoms with E-state index < -0.39 is 17.7 Å². The van der Waals surface area contributed by atoms with Gasteiger partial charge < -0.3 is 15.7 Å². The Bertz CT molecular complexity index is 317. The second kappa shape index (κ2) is 5.34. The Morgan fingerprint density at radius 1 is 1.50 bits per heavy atom. The summed E-state index contributed by atoms with van der Waals surface area (Å²) in [5.41, 5.74) is 4.17. The van der Waals surface area contributed by atoms with Gasteiger partial charge in [-0.25, -0.2) is 0 Å². The minimum Gasteiger partial charge on any atom is -0.388 e. The van der Waals surface area contributed by atoms with E-state index in [0.29, 0.717) is 12.8 Å². The molecule has 0 saturated heterocycles. The van der Waals surface area contributed by atoms with Gasteiger partial charge in [0, 0.05) is 14.1 Å². The van der Waals surface area contributed by atoms with Crippen molar-refractivity contribution in [1.29, 1.82) is 0 Å². The van der Waals surface area contributed by atoms with Crippen LogP contribution in [0.3, 0.4) is 0 Å². The fourth-order valence-corrected chi connectivity index (χ4v) is 2.13. The van der Waals surface area contributed by atoms with Crippen molar-refractivity contribution in [3.8, 4) is 0 Å². The molecule has 1 rings (SSSR count). The van der Waals surface area contributed by atoms with Crippen LogP contribution in [0.2, 0.25) is 0 Å². The zero-order valence-electron chi connectivity index (χ0n) is 10.7. The van der Waals surface area contributed by atoms with Gasteiger partial charge in [0.2, 0.25) is 0 Å². The average molecular weight is 267 g/mol. The number of halogens is 3. The van der Waals surface area contributed by atoms with E-state index in [2.05, 4.69) is 4.99 Å². The quantitative estimate of drug-likeness (QED) is 0.586. The number of alkyl halides is 3. The van der Waals surface area contributed by atoms with E-state index in [0.717, 1.165) is 0 Å². The van der Waals surface area contributed by atoms with Crippen LogP contribution in [0, 0.1) is 5.92 Å². The molecule has 1 saturated carbocycles. The number of aliphatic hydroxyl groups is 1. The van der Waals surface area contributed by atoms with Crippen LogP contribution >= 0.6 is 0 Å². The molecule has 0 aromatic rings. The fourth-order valence-electron chi connectivity index (χ4n) is 2.13. The second-order valence-corrected chi connectivity index (χ2v) is 5.13. The van der Waals surface area contributed by atoms with Crippen LogP contribution in [-0.2, 0) is 0 Å². The SMILES string of the molecule is CN(C)C(N)=NCC1(O)CCCC(C(F)(F)F)C1. The summed E-state index contributed by atoms with van der Waals surface area (Å²) in [6, 6.07) is 0. The van der Waals surface area contributed by atoms with Crippen molar-refractivity contribution in [2.24, 2.45) is 16.6 Å². The highest BCUT2D eigenvalue weighted by molar-refractivity contribution is 5.77. The minimum atomic E-state index is -4.24. The fraction of sp³-hybridized carbons (Fsp3) is 0.909. The summed E-state index contributed by atoms with van der Waals surface area (Å²) in [5, 5.41) is 10.2. The van der Waals surface area contributed by atoms with Crippen LogP contribution in [0.1, 0.15) is 25.7 Å². The van der Waals surface area contributed by atoms with Gasteiger partial charge in [-0.05, 0) is 25.7 Å². The molecule has 1 aliphatic carbocycles. The van der Waals surface area contributed by atoms with Gasteiger partial charge in [0.1, 0.15) is 0 Å². The molecule has 3 N–H and O–H groups in total. The minimum absolute atomic E-state index is 0.0798.